The number of carbonyl (C=O) groups is 2. The van der Waals surface area contributed by atoms with Crippen LogP contribution in [0.3, 0.4) is 0 Å². The molecule has 0 unspecified atom stereocenters. The normalized spacial score (nSPS) is 15.2. The molecule has 0 bridgehead atoms. The highest BCUT2D eigenvalue weighted by atomic mass is 32.2. The van der Waals surface area contributed by atoms with Gasteiger partial charge in [-0.2, -0.15) is 25.3 Å². The van der Waals surface area contributed by atoms with Gasteiger partial charge in [0.05, 0.1) is 16.0 Å². The third kappa shape index (κ3) is 16.2. The lowest BCUT2D eigenvalue weighted by molar-refractivity contribution is -0.137. The van der Waals surface area contributed by atoms with Crippen molar-refractivity contribution in [1.29, 1.82) is 0 Å². The Morgan fingerprint density at radius 2 is 1.17 bits per heavy atom. The Morgan fingerprint density at radius 3 is 1.70 bits per heavy atom. The molecule has 0 spiro atoms. The fourth-order valence-corrected chi connectivity index (χ4v) is 15.9. The van der Waals surface area contributed by atoms with E-state index in [1.54, 1.807) is 55.6 Å². The molecule has 0 radical (unpaired) electrons. The number of rotatable bonds is 14. The number of carboxylic acids is 1. The van der Waals surface area contributed by atoms with Gasteiger partial charge in [-0.05, 0) is 119 Å². The molecule has 0 saturated heterocycles. The fraction of sp³-hybridized carbons (Fsp3) is 0.302. The number of anilines is 1. The minimum absolute atomic E-state index is 0.0424. The first-order valence-electron chi connectivity index (χ1n) is 24.8. The first kappa shape index (κ1) is 67.6. The quantitative estimate of drug-likeness (QED) is 0.0704. The molecule has 0 atom stereocenters. The van der Waals surface area contributed by atoms with E-state index in [0.29, 0.717) is 44.0 Å². The molecule has 24 nitrogen and oxygen atoms in total. The predicted molar refractivity (Wildman–Crippen MR) is 310 cm³/mol. The van der Waals surface area contributed by atoms with E-state index in [0.717, 1.165) is 32.8 Å². The van der Waals surface area contributed by atoms with Gasteiger partial charge in [0.1, 0.15) is 18.7 Å². The van der Waals surface area contributed by atoms with Crippen molar-refractivity contribution in [3.8, 4) is 0 Å². The first-order chi connectivity index (χ1) is 38.6. The lowest BCUT2D eigenvalue weighted by atomic mass is 9.84. The lowest BCUT2D eigenvalue weighted by Gasteiger charge is -2.45. The molecular formula is C53H58N3O21S6Si+. The highest BCUT2D eigenvalue weighted by Gasteiger charge is 2.43. The molecule has 3 aliphatic heterocycles. The average Bonchev–Trinajstić information content (AvgIpc) is 1.24. The number of carboxylic acid groups (broad SMARTS) is 1. The summed E-state index contributed by atoms with van der Waals surface area (Å²) in [5.41, 5.74) is 4.60. The standard InChI is InChI=1S/C53H57N3O12S3Si.3O3S/c1-33-28-52(2,3)55(30-34-16-9-13-20-45(34)70(63,64)65)43-26-47-41(24-39(33)43)50(37-18-11-12-19-38(37)51(59)54(6)23-15-22-49(57)58)42-25-40-36(32-69(60,61)62)29-53(4,5)56(44(40)27-48(42)72(47,7)8)31-35-17-10-14-21-46(35)71(66,67)68;3*1-4(2)3/h9-14,16-21,24-29H,15,22-23,30-32H2,1-8H3,(H3-,57,58,60,61,62,63,64,65,66,67,68);;;/p+1. The van der Waals surface area contributed by atoms with Crippen molar-refractivity contribution in [2.45, 2.75) is 94.5 Å². The molecule has 5 aromatic rings. The number of benzene rings is 5. The smallest absolute Gasteiger partial charge is 0.425 e. The predicted octanol–water partition coefficient (Wildman–Crippen LogP) is 2.44. The Balaban J connectivity index is 0.000000982. The molecule has 4 N–H and O–H groups in total. The zero-order chi connectivity index (χ0) is 63.4. The summed E-state index contributed by atoms with van der Waals surface area (Å²) in [4.78, 5) is 29.2. The van der Waals surface area contributed by atoms with E-state index in [1.165, 1.54) is 23.1 Å². The molecule has 3 heterocycles. The maximum atomic E-state index is 14.7. The molecule has 8 rings (SSSR count). The Kier molecular flexibility index (Phi) is 20.9. The Bertz CT molecular complexity index is 4370. The molecule has 0 saturated carbocycles. The van der Waals surface area contributed by atoms with Crippen LogP contribution in [0.1, 0.15) is 91.2 Å². The highest BCUT2D eigenvalue weighted by molar-refractivity contribution is 7.86. The molecule has 84 heavy (non-hydrogen) atoms. The Labute approximate surface area is 490 Å². The third-order valence-corrected chi connectivity index (χ3v) is 20.3. The van der Waals surface area contributed by atoms with E-state index in [2.05, 4.69) is 36.2 Å². The van der Waals surface area contributed by atoms with Crippen molar-refractivity contribution in [2.75, 3.05) is 24.2 Å². The van der Waals surface area contributed by atoms with Crippen LogP contribution in [-0.4, -0.2) is 137 Å². The third-order valence-electron chi connectivity index (χ3n) is 14.2. The summed E-state index contributed by atoms with van der Waals surface area (Å²) < 4.78 is 186. The Hall–Kier alpha value is -7.20. The molecule has 31 heteroatoms. The van der Waals surface area contributed by atoms with Crippen molar-refractivity contribution >= 4 is 115 Å². The molecule has 1 amide bonds. The maximum Gasteiger partial charge on any atom is 0.425 e. The molecular weight excluding hydrogens is 1240 g/mol. The summed E-state index contributed by atoms with van der Waals surface area (Å²) in [6.07, 6.45) is 3.91. The number of hydrogen-bond acceptors (Lipinski definition) is 18. The second-order valence-corrected chi connectivity index (χ2v) is 30.9. The minimum atomic E-state index is -4.68. The van der Waals surface area contributed by atoms with Gasteiger partial charge in [0.15, 0.2) is 12.1 Å². The van der Waals surface area contributed by atoms with Crippen LogP contribution < -0.4 is 30.4 Å². The summed E-state index contributed by atoms with van der Waals surface area (Å²) >= 11 is 0. The number of fused-ring (bicyclic) bond motifs is 4. The molecule has 450 valence electrons. The maximum absolute atomic E-state index is 14.7. The van der Waals surface area contributed by atoms with Gasteiger partial charge in [-0.1, -0.05) is 73.8 Å². The van der Waals surface area contributed by atoms with Crippen LogP contribution in [0.4, 0.5) is 5.69 Å². The molecule has 3 aliphatic rings. The van der Waals surface area contributed by atoms with Gasteiger partial charge >= 0.3 is 37.8 Å². The second-order valence-electron chi connectivity index (χ2n) is 21.1. The largest absolute Gasteiger partial charge is 0.481 e. The summed E-state index contributed by atoms with van der Waals surface area (Å²) in [7, 11) is -24.6. The number of aliphatic carboxylic acids is 1. The molecule has 0 fully saturated rings. The zero-order valence-electron chi connectivity index (χ0n) is 46.2. The number of carbonyl (C=O) groups excluding carboxylic acids is 1. The first-order valence-corrected chi connectivity index (χ1v) is 35.2. The Morgan fingerprint density at radius 1 is 0.655 bits per heavy atom. The van der Waals surface area contributed by atoms with Gasteiger partial charge in [-0.15, -0.1) is 37.9 Å². The SMILES string of the molecule is CC1=CC(C)(C)N(Cc2ccccc2S(=O)(=O)O)c2cc3c(cc21)C(c1ccccc1C(=O)N(C)CCCC(=O)O)=c1cc2c(cc1[Si]3(C)C)=[N+](Cc1ccccc1S(=O)(=O)O)C(C)(C)C=C2CS(=O)(=O)O.O=S(=O)=O.O=S(=O)=O.O=S(=O)=O. The van der Waals surface area contributed by atoms with Gasteiger partial charge < -0.3 is 14.9 Å². The zero-order valence-corrected chi connectivity index (χ0v) is 52.1. The van der Waals surface area contributed by atoms with Gasteiger partial charge in [0, 0.05) is 68.8 Å². The number of nitrogens with zero attached hydrogens (tertiary/aromatic N) is 3. The summed E-state index contributed by atoms with van der Waals surface area (Å²) in [6, 6.07) is 27.7. The number of amides is 1. The van der Waals surface area contributed by atoms with Crippen LogP contribution in [0.25, 0.3) is 16.7 Å². The minimum Gasteiger partial charge on any atom is -0.481 e. The van der Waals surface area contributed by atoms with Crippen LogP contribution in [0, 0.1) is 0 Å². The fourth-order valence-electron chi connectivity index (χ4n) is 10.8. The van der Waals surface area contributed by atoms with Gasteiger partial charge in [0.2, 0.25) is 5.36 Å². The van der Waals surface area contributed by atoms with E-state index in [4.69, 9.17) is 37.9 Å². The monoisotopic (exact) mass is 1290 g/mol. The molecule has 5 aromatic carbocycles. The van der Waals surface area contributed by atoms with E-state index in [-0.39, 0.29) is 53.7 Å². The van der Waals surface area contributed by atoms with Gasteiger partial charge in [-0.25, -0.2) is 4.58 Å². The number of hydrogen-bond donors (Lipinski definition) is 4. The summed E-state index contributed by atoms with van der Waals surface area (Å²) in [5, 5.41) is 12.5. The molecule has 0 aliphatic carbocycles. The van der Waals surface area contributed by atoms with E-state index in [9.17, 15) is 53.6 Å². The van der Waals surface area contributed by atoms with Crippen LogP contribution in [-0.2, 0) is 80.1 Å². The van der Waals surface area contributed by atoms with Crippen LogP contribution in [0.2, 0.25) is 13.1 Å². The highest BCUT2D eigenvalue weighted by Crippen LogP contribution is 2.43. The van der Waals surface area contributed by atoms with Crippen molar-refractivity contribution in [3.63, 3.8) is 0 Å². The summed E-state index contributed by atoms with van der Waals surface area (Å²) in [5.74, 6) is -2.09. The van der Waals surface area contributed by atoms with Gasteiger partial charge in [-0.3, -0.25) is 23.2 Å². The van der Waals surface area contributed by atoms with E-state index >= 15 is 0 Å². The van der Waals surface area contributed by atoms with Crippen molar-refractivity contribution in [3.05, 3.63) is 159 Å². The van der Waals surface area contributed by atoms with Gasteiger partial charge in [0.25, 0.3) is 36.3 Å². The van der Waals surface area contributed by atoms with Crippen LogP contribution in [0.15, 0.2) is 119 Å². The van der Waals surface area contributed by atoms with E-state index in [1.807, 2.05) is 63.5 Å². The van der Waals surface area contributed by atoms with E-state index < -0.39 is 93.1 Å². The van der Waals surface area contributed by atoms with Crippen molar-refractivity contribution in [2.24, 2.45) is 0 Å². The average molecular weight is 1290 g/mol. The topological polar surface area (TPSA) is 381 Å². The number of allylic oxidation sites excluding steroid dienone is 1. The van der Waals surface area contributed by atoms with Crippen LogP contribution in [0.5, 0.6) is 0 Å². The second kappa shape index (κ2) is 26.0. The molecule has 0 aromatic heterocycles. The summed E-state index contributed by atoms with van der Waals surface area (Å²) in [6.45, 7) is 14.3. The van der Waals surface area contributed by atoms with Crippen LogP contribution >= 0.6 is 0 Å². The van der Waals surface area contributed by atoms with Crippen molar-refractivity contribution < 1.29 is 91.5 Å². The lowest BCUT2D eigenvalue weighted by Crippen LogP contribution is -2.65. The van der Waals surface area contributed by atoms with Crippen molar-refractivity contribution in [1.82, 2.24) is 9.48 Å².